The first kappa shape index (κ1) is 37.5. The fourth-order valence-electron chi connectivity index (χ4n) is 11.5. The topological polar surface area (TPSA) is 153 Å². The van der Waals surface area contributed by atoms with Gasteiger partial charge in [-0.2, -0.15) is 0 Å². The monoisotopic (exact) mass is 660 g/mol. The molecule has 4 fully saturated rings. The van der Waals surface area contributed by atoms with E-state index in [1.807, 2.05) is 0 Å². The van der Waals surface area contributed by atoms with Gasteiger partial charge in [0.05, 0.1) is 0 Å². The van der Waals surface area contributed by atoms with Gasteiger partial charge in [-0.3, -0.25) is 14.4 Å². The van der Waals surface area contributed by atoms with Gasteiger partial charge >= 0.3 is 23.9 Å². The Morgan fingerprint density at radius 3 is 1.89 bits per heavy atom. The van der Waals surface area contributed by atoms with Crippen LogP contribution in [0.15, 0.2) is 0 Å². The summed E-state index contributed by atoms with van der Waals surface area (Å²) in [4.78, 5) is 47.6. The number of carbonyl (C=O) groups excluding carboxylic acids is 1. The van der Waals surface area contributed by atoms with Crippen molar-refractivity contribution in [3.05, 3.63) is 0 Å². The quantitative estimate of drug-likeness (QED) is 0.112. The molecule has 9 nitrogen and oxygen atoms in total. The van der Waals surface area contributed by atoms with Gasteiger partial charge in [-0.25, -0.2) is 4.79 Å². The van der Waals surface area contributed by atoms with Crippen LogP contribution in [0.1, 0.15) is 150 Å². The van der Waals surface area contributed by atoms with Crippen LogP contribution in [-0.4, -0.2) is 50.8 Å². The van der Waals surface area contributed by atoms with E-state index in [1.54, 1.807) is 0 Å². The summed E-state index contributed by atoms with van der Waals surface area (Å²) < 4.78 is 0. The molecule has 0 aromatic heterocycles. The van der Waals surface area contributed by atoms with Crippen molar-refractivity contribution >= 4 is 23.9 Å². The fourth-order valence-corrected chi connectivity index (χ4v) is 11.5. The van der Waals surface area contributed by atoms with Crippen LogP contribution in [0.5, 0.6) is 0 Å². The van der Waals surface area contributed by atoms with Crippen molar-refractivity contribution in [3.63, 3.8) is 0 Å². The van der Waals surface area contributed by atoms with Gasteiger partial charge in [-0.1, -0.05) is 53.9 Å². The highest BCUT2D eigenvalue weighted by Gasteiger charge is 2.60. The Balaban J connectivity index is 1.38. The molecule has 0 unspecified atom stereocenters. The smallest absolute Gasteiger partial charge is 0.315 e. The second-order valence-electron chi connectivity index (χ2n) is 17.2. The van der Waals surface area contributed by atoms with Gasteiger partial charge in [0.1, 0.15) is 0 Å². The molecule has 0 spiro atoms. The number of carboxylic acid groups (broad SMARTS) is 3. The standard InChI is InChI=1S/C38H64N2O7/c1-24(2)7-6-8-25(3)29-11-12-30-28-10-9-26-23-27(13-18-36(26,4)31(28)14-19-37(29,30)5)39-35(47)40-38(20-15-32(41)42,21-16-33(43)44)22-17-34(45)46/h24-31H,6-23H2,1-5H3,(H,41,42)(H,43,44)(H,45,46)(H2,39,40,47)/t25-,26+,27+,28+,29-,30+,31+,36+,37-/m1/s1. The largest absolute Gasteiger partial charge is 0.481 e. The Hall–Kier alpha value is -2.32. The lowest BCUT2D eigenvalue weighted by Crippen LogP contribution is -2.58. The molecule has 4 aliphatic carbocycles. The van der Waals surface area contributed by atoms with Crippen LogP contribution in [0.2, 0.25) is 0 Å². The van der Waals surface area contributed by atoms with E-state index in [0.717, 1.165) is 54.8 Å². The number of fused-ring (bicyclic) bond motifs is 5. The molecule has 0 heterocycles. The summed E-state index contributed by atoms with van der Waals surface area (Å²) in [6.07, 6.45) is 13.9. The zero-order valence-electron chi connectivity index (χ0n) is 29.8. The lowest BCUT2D eigenvalue weighted by molar-refractivity contribution is -0.137. The summed E-state index contributed by atoms with van der Waals surface area (Å²) in [5, 5.41) is 34.0. The zero-order chi connectivity index (χ0) is 34.6. The molecular formula is C38H64N2O7. The minimum Gasteiger partial charge on any atom is -0.481 e. The highest BCUT2D eigenvalue weighted by molar-refractivity contribution is 5.76. The first-order valence-electron chi connectivity index (χ1n) is 18.8. The molecule has 9 heteroatoms. The van der Waals surface area contributed by atoms with E-state index in [-0.39, 0.29) is 50.0 Å². The summed E-state index contributed by atoms with van der Waals surface area (Å²) in [6, 6.07) is -0.474. The van der Waals surface area contributed by atoms with Crippen LogP contribution in [0.25, 0.3) is 0 Å². The second-order valence-corrected chi connectivity index (χ2v) is 17.2. The van der Waals surface area contributed by atoms with E-state index < -0.39 is 29.5 Å². The predicted octanol–water partition coefficient (Wildman–Crippen LogP) is 8.11. The number of amides is 2. The van der Waals surface area contributed by atoms with Gasteiger partial charge in [0, 0.05) is 30.8 Å². The molecule has 0 aromatic rings. The van der Waals surface area contributed by atoms with Crippen LogP contribution in [-0.2, 0) is 14.4 Å². The Kier molecular flexibility index (Phi) is 12.4. The van der Waals surface area contributed by atoms with Crippen molar-refractivity contribution in [1.29, 1.82) is 0 Å². The molecule has 0 saturated heterocycles. The molecule has 4 aliphatic rings. The van der Waals surface area contributed by atoms with E-state index in [4.69, 9.17) is 0 Å². The predicted molar refractivity (Wildman–Crippen MR) is 182 cm³/mol. The zero-order valence-corrected chi connectivity index (χ0v) is 29.8. The Labute approximate surface area is 282 Å². The van der Waals surface area contributed by atoms with Gasteiger partial charge < -0.3 is 26.0 Å². The lowest BCUT2D eigenvalue weighted by Gasteiger charge is -2.61. The van der Waals surface area contributed by atoms with Gasteiger partial charge in [-0.15, -0.1) is 0 Å². The van der Waals surface area contributed by atoms with Crippen LogP contribution in [0, 0.1) is 52.3 Å². The van der Waals surface area contributed by atoms with Gasteiger partial charge in [0.2, 0.25) is 0 Å². The summed E-state index contributed by atoms with van der Waals surface area (Å²) in [6.45, 7) is 12.4. The highest BCUT2D eigenvalue weighted by Crippen LogP contribution is 2.68. The molecule has 0 bridgehead atoms. The third-order valence-electron chi connectivity index (χ3n) is 14.0. The molecule has 47 heavy (non-hydrogen) atoms. The summed E-state index contributed by atoms with van der Waals surface area (Å²) in [7, 11) is 0. The molecule has 4 saturated carbocycles. The van der Waals surface area contributed by atoms with Crippen molar-refractivity contribution in [2.24, 2.45) is 52.3 Å². The maximum Gasteiger partial charge on any atom is 0.315 e. The number of rotatable bonds is 16. The number of nitrogens with one attached hydrogen (secondary N) is 2. The molecule has 268 valence electrons. The van der Waals surface area contributed by atoms with Crippen LogP contribution < -0.4 is 10.6 Å². The Morgan fingerprint density at radius 1 is 0.745 bits per heavy atom. The molecular weight excluding hydrogens is 596 g/mol. The van der Waals surface area contributed by atoms with Crippen molar-refractivity contribution in [1.82, 2.24) is 10.6 Å². The molecule has 0 aliphatic heterocycles. The summed E-state index contributed by atoms with van der Waals surface area (Å²) >= 11 is 0. The van der Waals surface area contributed by atoms with Crippen LogP contribution in [0.3, 0.4) is 0 Å². The number of carbonyl (C=O) groups is 4. The number of carboxylic acids is 3. The maximum atomic E-state index is 13.4. The number of urea groups is 1. The molecule has 4 rings (SSSR count). The second kappa shape index (κ2) is 15.5. The first-order chi connectivity index (χ1) is 22.1. The average molecular weight is 661 g/mol. The van der Waals surface area contributed by atoms with Crippen molar-refractivity contribution in [2.75, 3.05) is 0 Å². The van der Waals surface area contributed by atoms with Crippen molar-refractivity contribution < 1.29 is 34.5 Å². The SMILES string of the molecule is CC(C)CCC[C@@H](C)[C@H]1CC[C@H]2[C@@H]3CC[C@H]4C[C@@H](NC(=O)NC(CCC(=O)O)(CCC(=O)O)CCC(=O)O)CC[C@]4(C)[C@H]3CC[C@]12C. The van der Waals surface area contributed by atoms with Crippen LogP contribution >= 0.6 is 0 Å². The molecule has 0 radical (unpaired) electrons. The van der Waals surface area contributed by atoms with Crippen molar-refractivity contribution in [2.45, 2.75) is 162 Å². The van der Waals surface area contributed by atoms with E-state index >= 15 is 0 Å². The third-order valence-corrected chi connectivity index (χ3v) is 14.0. The summed E-state index contributed by atoms with van der Waals surface area (Å²) in [5.41, 5.74) is -0.485. The summed E-state index contributed by atoms with van der Waals surface area (Å²) in [5.74, 6) is 2.11. The number of aliphatic carboxylic acids is 3. The van der Waals surface area contributed by atoms with Gasteiger partial charge in [0.15, 0.2) is 0 Å². The maximum absolute atomic E-state index is 13.4. The average Bonchev–Trinajstić information content (AvgIpc) is 3.35. The molecule has 0 aromatic carbocycles. The van der Waals surface area contributed by atoms with Crippen LogP contribution in [0.4, 0.5) is 4.79 Å². The lowest BCUT2D eigenvalue weighted by atomic mass is 9.44. The molecule has 2 amide bonds. The third kappa shape index (κ3) is 8.83. The minimum atomic E-state index is -1.22. The van der Waals surface area contributed by atoms with Gasteiger partial charge in [0.25, 0.3) is 0 Å². The Morgan fingerprint density at radius 2 is 1.32 bits per heavy atom. The fraction of sp³-hybridized carbons (Fsp3) is 0.895. The minimum absolute atomic E-state index is 0.0165. The molecule has 9 atom stereocenters. The highest BCUT2D eigenvalue weighted by atomic mass is 16.4. The van der Waals surface area contributed by atoms with E-state index in [9.17, 15) is 34.5 Å². The van der Waals surface area contributed by atoms with E-state index in [2.05, 4.69) is 45.3 Å². The van der Waals surface area contributed by atoms with E-state index in [0.29, 0.717) is 11.3 Å². The van der Waals surface area contributed by atoms with Gasteiger partial charge in [-0.05, 0) is 129 Å². The number of hydrogen-bond donors (Lipinski definition) is 5. The number of hydrogen-bond acceptors (Lipinski definition) is 4. The molecule has 5 N–H and O–H groups in total. The first-order valence-corrected chi connectivity index (χ1v) is 18.8. The van der Waals surface area contributed by atoms with Crippen molar-refractivity contribution in [3.8, 4) is 0 Å². The Bertz CT molecular complexity index is 1080. The van der Waals surface area contributed by atoms with E-state index in [1.165, 1.54) is 57.8 Å². The normalized spacial score (nSPS) is 34.1.